The van der Waals surface area contributed by atoms with Crippen LogP contribution in [0.25, 0.3) is 0 Å². The zero-order valence-electron chi connectivity index (χ0n) is 10.4. The van der Waals surface area contributed by atoms with Crippen LogP contribution in [0.15, 0.2) is 35.3 Å². The maximum Gasteiger partial charge on any atom is 0.303 e. The van der Waals surface area contributed by atoms with E-state index in [-0.39, 0.29) is 24.2 Å². The van der Waals surface area contributed by atoms with Crippen LogP contribution in [0.5, 0.6) is 0 Å². The zero-order valence-corrected chi connectivity index (χ0v) is 11.2. The van der Waals surface area contributed by atoms with Crippen LogP contribution >= 0.6 is 0 Å². The molecule has 1 aliphatic rings. The summed E-state index contributed by atoms with van der Waals surface area (Å²) in [6.45, 7) is 0. The topological polar surface area (TPSA) is 88.5 Å². The molecule has 0 heterocycles. The Bertz CT molecular complexity index is 537. The first-order valence-electron chi connectivity index (χ1n) is 5.91. The summed E-state index contributed by atoms with van der Waals surface area (Å²) in [5.74, 6) is -2.01. The summed E-state index contributed by atoms with van der Waals surface area (Å²) >= 11 is 0. The summed E-state index contributed by atoms with van der Waals surface area (Å²) in [6, 6.07) is 0. The molecule has 0 atom stereocenters. The van der Waals surface area contributed by atoms with Crippen molar-refractivity contribution >= 4 is 21.6 Å². The average Bonchev–Trinajstić information content (AvgIpc) is 2.56. The van der Waals surface area contributed by atoms with Crippen LogP contribution < -0.4 is 0 Å². The molecule has 0 aromatic carbocycles. The fourth-order valence-corrected chi connectivity index (χ4v) is 2.97. The van der Waals surface area contributed by atoms with Gasteiger partial charge in [-0.3, -0.25) is 9.59 Å². The number of Topliss-reactive ketones (excluding diaryl/α,β-unsaturated/α-hetero) is 1. The van der Waals surface area contributed by atoms with Crippen molar-refractivity contribution in [3.63, 3.8) is 0 Å². The van der Waals surface area contributed by atoms with Crippen molar-refractivity contribution in [2.24, 2.45) is 0 Å². The van der Waals surface area contributed by atoms with Gasteiger partial charge in [-0.2, -0.15) is 0 Å². The summed E-state index contributed by atoms with van der Waals surface area (Å²) < 4.78 is 23.9. The molecule has 0 fully saturated rings. The van der Waals surface area contributed by atoms with Gasteiger partial charge in [0.15, 0.2) is 9.84 Å². The Labute approximate surface area is 112 Å². The molecular formula is C13H16O5S. The predicted molar refractivity (Wildman–Crippen MR) is 71.3 cm³/mol. The van der Waals surface area contributed by atoms with E-state index >= 15 is 0 Å². The Kier molecular flexibility index (Phi) is 5.69. The quantitative estimate of drug-likeness (QED) is 0.767. The maximum absolute atomic E-state index is 12.0. The van der Waals surface area contributed by atoms with Crippen LogP contribution in [0.3, 0.4) is 0 Å². The van der Waals surface area contributed by atoms with E-state index in [2.05, 4.69) is 0 Å². The molecule has 1 aliphatic carbocycles. The summed E-state index contributed by atoms with van der Waals surface area (Å²) in [4.78, 5) is 22.0. The van der Waals surface area contributed by atoms with Gasteiger partial charge in [0.05, 0.1) is 4.91 Å². The van der Waals surface area contributed by atoms with Crippen molar-refractivity contribution in [3.05, 3.63) is 35.3 Å². The van der Waals surface area contributed by atoms with Crippen LogP contribution in [0.4, 0.5) is 0 Å². The summed E-state index contributed by atoms with van der Waals surface area (Å²) in [7, 11) is -3.62. The molecule has 0 radical (unpaired) electrons. The van der Waals surface area contributed by atoms with Gasteiger partial charge in [-0.1, -0.05) is 24.3 Å². The highest BCUT2D eigenvalue weighted by atomic mass is 32.2. The Balaban J connectivity index is 2.57. The van der Waals surface area contributed by atoms with E-state index in [9.17, 15) is 18.0 Å². The largest absolute Gasteiger partial charge is 0.481 e. The number of hydrogen-bond donors (Lipinski definition) is 1. The molecule has 0 unspecified atom stereocenters. The van der Waals surface area contributed by atoms with E-state index in [0.29, 0.717) is 6.42 Å². The Morgan fingerprint density at radius 3 is 2.63 bits per heavy atom. The number of ketones is 1. The second-order valence-electron chi connectivity index (χ2n) is 4.17. The molecule has 5 nitrogen and oxygen atoms in total. The molecule has 0 saturated carbocycles. The third-order valence-corrected chi connectivity index (χ3v) is 4.24. The van der Waals surface area contributed by atoms with E-state index in [1.54, 1.807) is 18.2 Å². The average molecular weight is 284 g/mol. The van der Waals surface area contributed by atoms with Gasteiger partial charge in [0.1, 0.15) is 11.5 Å². The number of carboxylic acids is 1. The molecule has 0 spiro atoms. The smallest absolute Gasteiger partial charge is 0.303 e. The lowest BCUT2D eigenvalue weighted by atomic mass is 10.2. The first-order chi connectivity index (χ1) is 8.92. The van der Waals surface area contributed by atoms with Crippen LogP contribution in [0, 0.1) is 0 Å². The minimum Gasteiger partial charge on any atom is -0.481 e. The fourth-order valence-electron chi connectivity index (χ4n) is 1.59. The summed E-state index contributed by atoms with van der Waals surface area (Å²) in [5.41, 5.74) is 0. The van der Waals surface area contributed by atoms with E-state index in [1.807, 2.05) is 6.08 Å². The highest BCUT2D eigenvalue weighted by Gasteiger charge is 2.20. The summed E-state index contributed by atoms with van der Waals surface area (Å²) in [6.07, 6.45) is 8.71. The van der Waals surface area contributed by atoms with Crippen molar-refractivity contribution in [1.29, 1.82) is 0 Å². The van der Waals surface area contributed by atoms with Gasteiger partial charge < -0.3 is 5.11 Å². The predicted octanol–water partition coefficient (Wildman–Crippen LogP) is 1.63. The minimum atomic E-state index is -3.62. The minimum absolute atomic E-state index is 0.0270. The van der Waals surface area contributed by atoms with Gasteiger partial charge in [-0.05, 0) is 18.9 Å². The first kappa shape index (κ1) is 15.4. The zero-order chi connectivity index (χ0) is 14.3. The van der Waals surface area contributed by atoms with E-state index in [0.717, 1.165) is 0 Å². The lowest BCUT2D eigenvalue weighted by molar-refractivity contribution is -0.137. The third-order valence-electron chi connectivity index (χ3n) is 2.52. The Morgan fingerprint density at radius 1 is 1.21 bits per heavy atom. The Morgan fingerprint density at radius 2 is 1.95 bits per heavy atom. The van der Waals surface area contributed by atoms with Gasteiger partial charge in [-0.15, -0.1) is 0 Å². The van der Waals surface area contributed by atoms with E-state index in [1.165, 1.54) is 6.08 Å². The molecule has 0 aliphatic heterocycles. The molecule has 0 aromatic rings. The van der Waals surface area contributed by atoms with Crippen LogP contribution in [-0.2, 0) is 19.4 Å². The number of carboxylic acid groups (broad SMARTS) is 1. The van der Waals surface area contributed by atoms with Gasteiger partial charge >= 0.3 is 5.97 Å². The fraction of sp³-hybridized carbons (Fsp3) is 0.385. The molecule has 0 bridgehead atoms. The number of hydrogen-bond acceptors (Lipinski definition) is 4. The van der Waals surface area contributed by atoms with Crippen molar-refractivity contribution < 1.29 is 23.1 Å². The molecule has 104 valence electrons. The second-order valence-corrected chi connectivity index (χ2v) is 6.16. The molecule has 19 heavy (non-hydrogen) atoms. The molecule has 0 amide bonds. The van der Waals surface area contributed by atoms with Crippen molar-refractivity contribution in [2.45, 2.75) is 25.7 Å². The lowest BCUT2D eigenvalue weighted by Crippen LogP contribution is -2.17. The molecule has 1 rings (SSSR count). The van der Waals surface area contributed by atoms with Crippen LogP contribution in [-0.4, -0.2) is 31.0 Å². The van der Waals surface area contributed by atoms with Gasteiger partial charge in [0.25, 0.3) is 0 Å². The number of rotatable bonds is 7. The number of carbonyl (C=O) groups is 2. The maximum atomic E-state index is 12.0. The van der Waals surface area contributed by atoms with Crippen molar-refractivity contribution in [2.75, 3.05) is 5.75 Å². The number of allylic oxidation sites excluding steroid dienone is 5. The van der Waals surface area contributed by atoms with Gasteiger partial charge in [0.2, 0.25) is 0 Å². The van der Waals surface area contributed by atoms with Crippen LogP contribution in [0.2, 0.25) is 0 Å². The highest BCUT2D eigenvalue weighted by molar-refractivity contribution is 7.96. The molecule has 0 aromatic heterocycles. The van der Waals surface area contributed by atoms with Gasteiger partial charge in [0, 0.05) is 12.8 Å². The molecule has 1 N–H and O–H groups in total. The standard InChI is InChI=1S/C13H16O5S/c14-11(6-5-9-13(15)16)10-19(17,18)12-7-3-1-2-4-8-12/h1-3,7-8H,4-6,9-10H2,(H,15,16). The van der Waals surface area contributed by atoms with E-state index in [4.69, 9.17) is 5.11 Å². The molecule has 6 heteroatoms. The molecular weight excluding hydrogens is 268 g/mol. The highest BCUT2D eigenvalue weighted by Crippen LogP contribution is 2.14. The number of aliphatic carboxylic acids is 1. The van der Waals surface area contributed by atoms with Crippen molar-refractivity contribution in [3.8, 4) is 0 Å². The second kappa shape index (κ2) is 7.04. The Hall–Kier alpha value is -1.69. The summed E-state index contributed by atoms with van der Waals surface area (Å²) in [5, 5.41) is 8.44. The van der Waals surface area contributed by atoms with Crippen LogP contribution in [0.1, 0.15) is 25.7 Å². The first-order valence-corrected chi connectivity index (χ1v) is 7.56. The third kappa shape index (κ3) is 5.65. The lowest BCUT2D eigenvalue weighted by Gasteiger charge is -2.04. The number of sulfone groups is 1. The monoisotopic (exact) mass is 284 g/mol. The number of carbonyl (C=O) groups excluding carboxylic acids is 1. The van der Waals surface area contributed by atoms with Gasteiger partial charge in [-0.25, -0.2) is 8.42 Å². The van der Waals surface area contributed by atoms with E-state index < -0.39 is 27.3 Å². The molecule has 0 saturated heterocycles. The normalized spacial score (nSPS) is 14.8. The van der Waals surface area contributed by atoms with Crippen molar-refractivity contribution in [1.82, 2.24) is 0 Å². The SMILES string of the molecule is O=C(O)CCCC(=O)CS(=O)(=O)C1=CCC=CC=C1.